The molecule has 0 atom stereocenters. The van der Waals surface area contributed by atoms with Crippen LogP contribution < -0.4 is 5.32 Å². The molecule has 0 bridgehead atoms. The first-order chi connectivity index (χ1) is 11.4. The maximum Gasteiger partial charge on any atom is 0.235 e. The van der Waals surface area contributed by atoms with Crippen molar-refractivity contribution >= 4 is 15.9 Å². The number of nitrogens with one attached hydrogen (secondary N) is 1. The van der Waals surface area contributed by atoms with Gasteiger partial charge in [0.2, 0.25) is 15.9 Å². The summed E-state index contributed by atoms with van der Waals surface area (Å²) in [5.41, 5.74) is 2.30. The third-order valence-electron chi connectivity index (χ3n) is 4.19. The molecule has 1 aliphatic rings. The molecule has 1 aliphatic carbocycles. The number of nitrogens with zero attached hydrogens (tertiary/aromatic N) is 1. The van der Waals surface area contributed by atoms with Gasteiger partial charge >= 0.3 is 0 Å². The topological polar surface area (TPSA) is 66.5 Å². The molecular formula is C18H26N2O3S. The molecule has 0 unspecified atom stereocenters. The quantitative estimate of drug-likeness (QED) is 0.733. The van der Waals surface area contributed by atoms with E-state index in [0.717, 1.165) is 24.7 Å². The highest BCUT2D eigenvalue weighted by Crippen LogP contribution is 2.20. The zero-order valence-electron chi connectivity index (χ0n) is 14.2. The van der Waals surface area contributed by atoms with Crippen LogP contribution in [0.5, 0.6) is 0 Å². The van der Waals surface area contributed by atoms with E-state index in [4.69, 9.17) is 0 Å². The summed E-state index contributed by atoms with van der Waals surface area (Å²) in [7, 11) is -3.40. The molecular weight excluding hydrogens is 324 g/mol. The molecule has 2 rings (SSSR count). The molecule has 6 heteroatoms. The average Bonchev–Trinajstić information content (AvgIpc) is 2.57. The smallest absolute Gasteiger partial charge is 0.235 e. The molecule has 0 radical (unpaired) electrons. The molecule has 24 heavy (non-hydrogen) atoms. The normalized spacial score (nSPS) is 15.2. The van der Waals surface area contributed by atoms with Crippen LogP contribution in [0, 0.1) is 0 Å². The van der Waals surface area contributed by atoms with Crippen LogP contribution in [0.4, 0.5) is 0 Å². The molecule has 0 saturated carbocycles. The van der Waals surface area contributed by atoms with Crippen LogP contribution in [-0.4, -0.2) is 38.0 Å². The number of sulfonamides is 1. The molecule has 0 saturated heterocycles. The molecule has 1 aromatic carbocycles. The summed E-state index contributed by atoms with van der Waals surface area (Å²) in [6, 6.07) is 9.56. The van der Waals surface area contributed by atoms with Gasteiger partial charge in [-0.1, -0.05) is 42.0 Å². The first-order valence-corrected chi connectivity index (χ1v) is 10.2. The van der Waals surface area contributed by atoms with Gasteiger partial charge in [-0.3, -0.25) is 4.79 Å². The fourth-order valence-corrected chi connectivity index (χ4v) is 3.55. The van der Waals surface area contributed by atoms with Crippen molar-refractivity contribution in [3.05, 3.63) is 47.5 Å². The lowest BCUT2D eigenvalue weighted by Crippen LogP contribution is -2.40. The van der Waals surface area contributed by atoms with Crippen LogP contribution in [0.2, 0.25) is 0 Å². The van der Waals surface area contributed by atoms with E-state index in [0.29, 0.717) is 19.5 Å². The van der Waals surface area contributed by atoms with Gasteiger partial charge in [-0.2, -0.15) is 4.31 Å². The van der Waals surface area contributed by atoms with E-state index >= 15 is 0 Å². The number of allylic oxidation sites excluding steroid dienone is 1. The molecule has 132 valence electrons. The molecule has 0 heterocycles. The number of carbonyl (C=O) groups is 1. The number of hydrogen-bond acceptors (Lipinski definition) is 3. The standard InChI is InChI=1S/C18H26N2O3S/c1-24(22,23)20(13-12-16-8-4-2-5-9-16)15-18(21)19-14-17-10-6-3-7-11-17/h3,6-8,10-11H,2,4-5,9,12-15H2,1H3,(H,19,21). The van der Waals surface area contributed by atoms with Crippen LogP contribution >= 0.6 is 0 Å². The molecule has 0 aromatic heterocycles. The second kappa shape index (κ2) is 8.99. The van der Waals surface area contributed by atoms with Crippen molar-refractivity contribution in [3.8, 4) is 0 Å². The van der Waals surface area contributed by atoms with Crippen molar-refractivity contribution in [2.75, 3.05) is 19.3 Å². The van der Waals surface area contributed by atoms with Gasteiger partial charge in [0.1, 0.15) is 0 Å². The first kappa shape index (κ1) is 18.7. The molecule has 0 fully saturated rings. The fraction of sp³-hybridized carbons (Fsp3) is 0.500. The Hall–Kier alpha value is -1.66. The van der Waals surface area contributed by atoms with Crippen molar-refractivity contribution in [3.63, 3.8) is 0 Å². The molecule has 5 nitrogen and oxygen atoms in total. The minimum absolute atomic E-state index is 0.126. The summed E-state index contributed by atoms with van der Waals surface area (Å²) in [4.78, 5) is 12.1. The van der Waals surface area contributed by atoms with E-state index in [-0.39, 0.29) is 12.5 Å². The minimum atomic E-state index is -3.40. The Kier molecular flexibility index (Phi) is 6.99. The Balaban J connectivity index is 1.86. The number of benzene rings is 1. The van der Waals surface area contributed by atoms with E-state index in [1.54, 1.807) is 0 Å². The second-order valence-corrected chi connectivity index (χ2v) is 8.20. The summed E-state index contributed by atoms with van der Waals surface area (Å²) in [6.07, 6.45) is 8.57. The lowest BCUT2D eigenvalue weighted by Gasteiger charge is -2.21. The fourth-order valence-electron chi connectivity index (χ4n) is 2.77. The van der Waals surface area contributed by atoms with E-state index in [9.17, 15) is 13.2 Å². The Morgan fingerprint density at radius 2 is 1.96 bits per heavy atom. The van der Waals surface area contributed by atoms with Crippen molar-refractivity contribution in [2.24, 2.45) is 0 Å². The van der Waals surface area contributed by atoms with Gasteiger partial charge in [0.25, 0.3) is 0 Å². The number of hydrogen-bond donors (Lipinski definition) is 1. The van der Waals surface area contributed by atoms with Crippen LogP contribution in [0.25, 0.3) is 0 Å². The van der Waals surface area contributed by atoms with Crippen LogP contribution in [0.3, 0.4) is 0 Å². The summed E-state index contributed by atoms with van der Waals surface area (Å²) in [5.74, 6) is -0.276. The van der Waals surface area contributed by atoms with Crippen LogP contribution in [0.1, 0.15) is 37.7 Å². The largest absolute Gasteiger partial charge is 0.351 e. The summed E-state index contributed by atoms with van der Waals surface area (Å²) in [6.45, 7) is 0.644. The molecule has 0 aliphatic heterocycles. The lowest BCUT2D eigenvalue weighted by molar-refractivity contribution is -0.121. The minimum Gasteiger partial charge on any atom is -0.351 e. The maximum atomic E-state index is 12.1. The van der Waals surface area contributed by atoms with Crippen LogP contribution in [0.15, 0.2) is 42.0 Å². The Morgan fingerprint density at radius 3 is 2.58 bits per heavy atom. The highest BCUT2D eigenvalue weighted by molar-refractivity contribution is 7.88. The number of rotatable bonds is 8. The van der Waals surface area contributed by atoms with Gasteiger partial charge < -0.3 is 5.32 Å². The second-order valence-electron chi connectivity index (χ2n) is 6.22. The average molecular weight is 350 g/mol. The lowest BCUT2D eigenvalue weighted by atomic mass is 9.97. The van der Waals surface area contributed by atoms with Crippen molar-refractivity contribution in [1.82, 2.24) is 9.62 Å². The van der Waals surface area contributed by atoms with E-state index in [2.05, 4.69) is 11.4 Å². The van der Waals surface area contributed by atoms with Crippen molar-refractivity contribution < 1.29 is 13.2 Å². The summed E-state index contributed by atoms with van der Waals surface area (Å²) < 4.78 is 25.1. The van der Waals surface area contributed by atoms with Gasteiger partial charge in [-0.15, -0.1) is 0 Å². The van der Waals surface area contributed by atoms with Gasteiger partial charge in [-0.25, -0.2) is 8.42 Å². The maximum absolute atomic E-state index is 12.1. The SMILES string of the molecule is CS(=O)(=O)N(CCC1=CCCCC1)CC(=O)NCc1ccccc1. The van der Waals surface area contributed by atoms with Crippen molar-refractivity contribution in [2.45, 2.75) is 38.6 Å². The zero-order valence-corrected chi connectivity index (χ0v) is 15.0. The van der Waals surface area contributed by atoms with Gasteiger partial charge in [0, 0.05) is 13.1 Å². The first-order valence-electron chi connectivity index (χ1n) is 8.39. The zero-order chi connectivity index (χ0) is 17.4. The number of carbonyl (C=O) groups excluding carboxylic acids is 1. The molecule has 1 amide bonds. The molecule has 0 spiro atoms. The summed E-state index contributed by atoms with van der Waals surface area (Å²) >= 11 is 0. The van der Waals surface area contributed by atoms with Gasteiger partial charge in [0.05, 0.1) is 12.8 Å². The predicted octanol–water partition coefficient (Wildman–Crippen LogP) is 2.45. The highest BCUT2D eigenvalue weighted by atomic mass is 32.2. The Bertz CT molecular complexity index is 669. The van der Waals surface area contributed by atoms with Crippen molar-refractivity contribution in [1.29, 1.82) is 0 Å². The molecule has 1 N–H and O–H groups in total. The van der Waals surface area contributed by atoms with E-state index in [1.165, 1.54) is 22.7 Å². The van der Waals surface area contributed by atoms with Crippen LogP contribution in [-0.2, 0) is 21.4 Å². The molecule has 1 aromatic rings. The third-order valence-corrected chi connectivity index (χ3v) is 5.44. The summed E-state index contributed by atoms with van der Waals surface area (Å²) in [5, 5.41) is 2.78. The van der Waals surface area contributed by atoms with E-state index < -0.39 is 10.0 Å². The Morgan fingerprint density at radius 1 is 1.21 bits per heavy atom. The van der Waals surface area contributed by atoms with E-state index in [1.807, 2.05) is 30.3 Å². The van der Waals surface area contributed by atoms with Gasteiger partial charge in [0.15, 0.2) is 0 Å². The third kappa shape index (κ3) is 6.45. The highest BCUT2D eigenvalue weighted by Gasteiger charge is 2.20. The monoisotopic (exact) mass is 350 g/mol. The van der Waals surface area contributed by atoms with Gasteiger partial charge in [-0.05, 0) is 37.7 Å². The number of amides is 1. The predicted molar refractivity (Wildman–Crippen MR) is 95.9 cm³/mol. The Labute approximate surface area is 144 Å².